The molecule has 1 N–H and O–H groups in total. The summed E-state index contributed by atoms with van der Waals surface area (Å²) in [5.41, 5.74) is 0. The monoisotopic (exact) mass is 248 g/mol. The van der Waals surface area contributed by atoms with Crippen LogP contribution in [-0.4, -0.2) is 41.2 Å². The molecule has 1 saturated heterocycles. The highest BCUT2D eigenvalue weighted by Gasteiger charge is 2.47. The zero-order chi connectivity index (χ0) is 11.9. The van der Waals surface area contributed by atoms with E-state index in [0.29, 0.717) is 5.92 Å². The van der Waals surface area contributed by atoms with Gasteiger partial charge in [-0.15, -0.1) is 0 Å². The zero-order valence-corrected chi connectivity index (χ0v) is 10.6. The second-order valence-corrected chi connectivity index (χ2v) is 6.00. The fraction of sp³-hybridized carbons (Fsp3) is 0.846. The fourth-order valence-electron chi connectivity index (χ4n) is 3.48. The van der Waals surface area contributed by atoms with E-state index in [0.717, 1.165) is 56.3 Å². The Labute approximate surface area is 107 Å². The van der Waals surface area contributed by atoms with Crippen molar-refractivity contribution in [2.45, 2.75) is 31.7 Å². The number of rotatable bonds is 3. The summed E-state index contributed by atoms with van der Waals surface area (Å²) in [7, 11) is 0. The van der Waals surface area contributed by atoms with Gasteiger partial charge in [-0.25, -0.2) is 0 Å². The van der Waals surface area contributed by atoms with Gasteiger partial charge in [0.25, 0.3) is 0 Å². The van der Waals surface area contributed by atoms with Crippen LogP contribution < -0.4 is 5.32 Å². The van der Waals surface area contributed by atoms with Crippen LogP contribution in [0.1, 0.15) is 36.9 Å². The van der Waals surface area contributed by atoms with E-state index in [2.05, 4.69) is 20.4 Å². The maximum atomic E-state index is 5.46. The number of hydrogen-bond acceptors (Lipinski definition) is 5. The molecular weight excluding hydrogens is 228 g/mol. The van der Waals surface area contributed by atoms with Crippen LogP contribution in [0.3, 0.4) is 0 Å². The van der Waals surface area contributed by atoms with Crippen LogP contribution in [-0.2, 0) is 6.54 Å². The highest BCUT2D eigenvalue weighted by atomic mass is 16.5. The third-order valence-corrected chi connectivity index (χ3v) is 4.65. The predicted octanol–water partition coefficient (Wildman–Crippen LogP) is 0.988. The Balaban J connectivity index is 1.38. The lowest BCUT2D eigenvalue weighted by atomic mass is 10.0. The molecule has 5 nitrogen and oxygen atoms in total. The van der Waals surface area contributed by atoms with Crippen molar-refractivity contribution in [3.05, 3.63) is 11.7 Å². The lowest BCUT2D eigenvalue weighted by Gasteiger charge is -2.25. The Morgan fingerprint density at radius 3 is 2.72 bits per heavy atom. The van der Waals surface area contributed by atoms with Crippen LogP contribution in [0.5, 0.6) is 0 Å². The van der Waals surface area contributed by atoms with Crippen molar-refractivity contribution in [2.75, 3.05) is 26.2 Å². The van der Waals surface area contributed by atoms with E-state index in [-0.39, 0.29) is 0 Å². The molecule has 2 aliphatic carbocycles. The van der Waals surface area contributed by atoms with Gasteiger partial charge in [0.15, 0.2) is 5.82 Å². The van der Waals surface area contributed by atoms with Crippen LogP contribution in [0, 0.1) is 11.8 Å². The van der Waals surface area contributed by atoms with Gasteiger partial charge in [-0.05, 0) is 31.1 Å². The van der Waals surface area contributed by atoms with Gasteiger partial charge >= 0.3 is 0 Å². The molecule has 5 heteroatoms. The molecule has 98 valence electrons. The molecule has 4 rings (SSSR count). The van der Waals surface area contributed by atoms with Crippen LogP contribution in [0.4, 0.5) is 0 Å². The maximum Gasteiger partial charge on any atom is 0.229 e. The molecule has 1 aliphatic heterocycles. The number of nitrogens with zero attached hydrogens (tertiary/aromatic N) is 3. The summed E-state index contributed by atoms with van der Waals surface area (Å²) in [5, 5.41) is 7.50. The van der Waals surface area contributed by atoms with Crippen molar-refractivity contribution in [3.63, 3.8) is 0 Å². The highest BCUT2D eigenvalue weighted by Crippen LogP contribution is 2.57. The van der Waals surface area contributed by atoms with E-state index < -0.39 is 0 Å². The molecule has 3 fully saturated rings. The highest BCUT2D eigenvalue weighted by molar-refractivity contribution is 5.06. The lowest BCUT2D eigenvalue weighted by molar-refractivity contribution is 0.224. The number of piperazine rings is 1. The molecule has 0 spiro atoms. The summed E-state index contributed by atoms with van der Waals surface area (Å²) < 4.78 is 5.46. The summed E-state index contributed by atoms with van der Waals surface area (Å²) in [6.07, 6.45) is 4.00. The van der Waals surface area contributed by atoms with Gasteiger partial charge in [-0.2, -0.15) is 4.98 Å². The van der Waals surface area contributed by atoms with Crippen molar-refractivity contribution in [3.8, 4) is 0 Å². The molecule has 0 aromatic carbocycles. The summed E-state index contributed by atoms with van der Waals surface area (Å²) in [6, 6.07) is 0. The molecule has 1 aromatic rings. The molecule has 0 amide bonds. The van der Waals surface area contributed by atoms with Crippen LogP contribution >= 0.6 is 0 Å². The summed E-state index contributed by atoms with van der Waals surface area (Å²) in [6.45, 7) is 5.13. The largest absolute Gasteiger partial charge is 0.339 e. The molecule has 0 bridgehead atoms. The van der Waals surface area contributed by atoms with Crippen molar-refractivity contribution in [1.82, 2.24) is 20.4 Å². The number of hydrogen-bond donors (Lipinski definition) is 1. The van der Waals surface area contributed by atoms with Crippen LogP contribution in [0.2, 0.25) is 0 Å². The summed E-state index contributed by atoms with van der Waals surface area (Å²) in [5.74, 6) is 4.26. The van der Waals surface area contributed by atoms with E-state index in [1.807, 2.05) is 0 Å². The molecule has 18 heavy (non-hydrogen) atoms. The molecule has 1 aromatic heterocycles. The first-order valence-electron chi connectivity index (χ1n) is 7.14. The fourth-order valence-corrected chi connectivity index (χ4v) is 3.48. The zero-order valence-electron chi connectivity index (χ0n) is 10.6. The SMILES string of the molecule is C1CN(Cc2noc(C3CC4CC4C3)n2)CCN1. The van der Waals surface area contributed by atoms with Gasteiger partial charge < -0.3 is 9.84 Å². The Bertz CT molecular complexity index is 416. The Morgan fingerprint density at radius 1 is 1.17 bits per heavy atom. The third kappa shape index (κ3) is 2.06. The number of nitrogens with one attached hydrogen (secondary N) is 1. The maximum absolute atomic E-state index is 5.46. The second kappa shape index (κ2) is 4.31. The van der Waals surface area contributed by atoms with Crippen molar-refractivity contribution < 1.29 is 4.52 Å². The summed E-state index contributed by atoms with van der Waals surface area (Å²) in [4.78, 5) is 6.99. The molecule has 2 saturated carbocycles. The topological polar surface area (TPSA) is 54.2 Å². The smallest absolute Gasteiger partial charge is 0.229 e. The van der Waals surface area contributed by atoms with Gasteiger partial charge in [0.1, 0.15) is 0 Å². The van der Waals surface area contributed by atoms with Crippen LogP contribution in [0.15, 0.2) is 4.52 Å². The molecule has 2 heterocycles. The normalized spacial score (nSPS) is 35.7. The van der Waals surface area contributed by atoms with E-state index in [1.165, 1.54) is 19.3 Å². The Morgan fingerprint density at radius 2 is 1.94 bits per heavy atom. The van der Waals surface area contributed by atoms with Crippen molar-refractivity contribution in [2.24, 2.45) is 11.8 Å². The third-order valence-electron chi connectivity index (χ3n) is 4.65. The molecule has 3 aliphatic rings. The van der Waals surface area contributed by atoms with Crippen LogP contribution in [0.25, 0.3) is 0 Å². The van der Waals surface area contributed by atoms with E-state index in [1.54, 1.807) is 0 Å². The first-order valence-corrected chi connectivity index (χ1v) is 7.14. The first-order chi connectivity index (χ1) is 8.88. The summed E-state index contributed by atoms with van der Waals surface area (Å²) >= 11 is 0. The second-order valence-electron chi connectivity index (χ2n) is 6.00. The minimum Gasteiger partial charge on any atom is -0.339 e. The number of fused-ring (bicyclic) bond motifs is 1. The minimum atomic E-state index is 0.554. The van der Waals surface area contributed by atoms with E-state index >= 15 is 0 Å². The molecule has 2 atom stereocenters. The van der Waals surface area contributed by atoms with Crippen molar-refractivity contribution in [1.29, 1.82) is 0 Å². The van der Waals surface area contributed by atoms with Gasteiger partial charge in [0, 0.05) is 32.1 Å². The molecule has 0 radical (unpaired) electrons. The average Bonchev–Trinajstić information content (AvgIpc) is 2.83. The Kier molecular flexibility index (Phi) is 2.62. The number of aromatic nitrogens is 2. The molecule has 2 unspecified atom stereocenters. The lowest BCUT2D eigenvalue weighted by Crippen LogP contribution is -2.43. The average molecular weight is 248 g/mol. The van der Waals surface area contributed by atoms with Gasteiger partial charge in [-0.1, -0.05) is 5.16 Å². The van der Waals surface area contributed by atoms with E-state index in [4.69, 9.17) is 4.52 Å². The molecular formula is C13H20N4O. The van der Waals surface area contributed by atoms with Gasteiger partial charge in [-0.3, -0.25) is 4.90 Å². The van der Waals surface area contributed by atoms with Gasteiger partial charge in [0.05, 0.1) is 6.54 Å². The van der Waals surface area contributed by atoms with Gasteiger partial charge in [0.2, 0.25) is 5.89 Å². The standard InChI is InChI=1S/C13H20N4O/c1-3-17(4-2-14-1)8-12-15-13(18-16-12)11-6-9-5-10(9)7-11/h9-11,14H,1-8H2. The predicted molar refractivity (Wildman–Crippen MR) is 66.0 cm³/mol. The van der Waals surface area contributed by atoms with E-state index in [9.17, 15) is 0 Å². The first kappa shape index (κ1) is 10.9. The quantitative estimate of drug-likeness (QED) is 0.864. The Hall–Kier alpha value is -0.940. The van der Waals surface area contributed by atoms with Crippen molar-refractivity contribution >= 4 is 0 Å². The minimum absolute atomic E-state index is 0.554.